The number of halogens is 1. The van der Waals surface area contributed by atoms with Crippen LogP contribution < -0.4 is 16.0 Å². The van der Waals surface area contributed by atoms with Gasteiger partial charge in [0.1, 0.15) is 11.5 Å². The van der Waals surface area contributed by atoms with Crippen LogP contribution in [0.15, 0.2) is 59.1 Å². The van der Waals surface area contributed by atoms with Gasteiger partial charge in [0.2, 0.25) is 5.76 Å². The van der Waals surface area contributed by atoms with Crippen LogP contribution >= 0.6 is 0 Å². The van der Waals surface area contributed by atoms with Gasteiger partial charge in [-0.25, -0.2) is 9.18 Å². The predicted molar refractivity (Wildman–Crippen MR) is 115 cm³/mol. The van der Waals surface area contributed by atoms with Crippen LogP contribution in [0.5, 0.6) is 0 Å². The van der Waals surface area contributed by atoms with Crippen LogP contribution in [0.25, 0.3) is 11.3 Å². The summed E-state index contributed by atoms with van der Waals surface area (Å²) in [6.45, 7) is 0.291. The molecule has 0 spiro atoms. The van der Waals surface area contributed by atoms with Crippen molar-refractivity contribution in [2.45, 2.75) is 12.8 Å². The third-order valence-electron chi connectivity index (χ3n) is 4.37. The lowest BCUT2D eigenvalue weighted by molar-refractivity contribution is -0.140. The van der Waals surface area contributed by atoms with E-state index in [1.165, 1.54) is 31.4 Å². The summed E-state index contributed by atoms with van der Waals surface area (Å²) in [6, 6.07) is 13.4. The smallest absolute Gasteiger partial charge is 0.323 e. The molecule has 1 aromatic heterocycles. The number of hydrogen-bond donors (Lipinski definition) is 3. The lowest BCUT2D eigenvalue weighted by Gasteiger charge is -2.08. The highest BCUT2D eigenvalue weighted by molar-refractivity contribution is 6.00. The molecule has 0 saturated heterocycles. The summed E-state index contributed by atoms with van der Waals surface area (Å²) in [6.07, 6.45) is 0.648. The minimum atomic E-state index is -0.588. The first-order chi connectivity index (χ1) is 15.5. The molecule has 0 aliphatic carbocycles. The molecule has 1 heterocycles. The molecule has 3 amide bonds. The average molecular weight is 440 g/mol. The highest BCUT2D eigenvalue weighted by Crippen LogP contribution is 2.22. The predicted octanol–water partition coefficient (Wildman–Crippen LogP) is 3.81. The van der Waals surface area contributed by atoms with E-state index < -0.39 is 17.8 Å². The maximum Gasteiger partial charge on any atom is 0.323 e. The van der Waals surface area contributed by atoms with Crippen molar-refractivity contribution in [3.8, 4) is 11.3 Å². The first-order valence-corrected chi connectivity index (χ1v) is 9.71. The van der Waals surface area contributed by atoms with Crippen molar-refractivity contribution in [2.75, 3.05) is 24.3 Å². The Morgan fingerprint density at radius 1 is 1.06 bits per heavy atom. The molecule has 32 heavy (non-hydrogen) atoms. The monoisotopic (exact) mass is 440 g/mol. The molecule has 10 heteroatoms. The Balaban J connectivity index is 1.53. The standard InChI is InChI=1S/C22H21FN4O5/c1-31-20(28)7-4-12-24-21(29)19-13-18(27-32-19)14-8-10-15(11-9-14)25-22(30)26-17-6-3-2-5-16(17)23/h2-3,5-6,8-11,13H,4,7,12H2,1H3,(H,24,29)(H2,25,26,30). The number of nitrogens with one attached hydrogen (secondary N) is 3. The second kappa shape index (κ2) is 10.7. The minimum absolute atomic E-state index is 0.0320. The Kier molecular flexibility index (Phi) is 7.52. The van der Waals surface area contributed by atoms with Crippen molar-refractivity contribution in [2.24, 2.45) is 0 Å². The van der Waals surface area contributed by atoms with E-state index in [0.29, 0.717) is 29.9 Å². The number of carbonyl (C=O) groups excluding carboxylic acids is 3. The molecule has 0 fully saturated rings. The first-order valence-electron chi connectivity index (χ1n) is 9.71. The first kappa shape index (κ1) is 22.5. The highest BCUT2D eigenvalue weighted by Gasteiger charge is 2.14. The van der Waals surface area contributed by atoms with Gasteiger partial charge in [0.05, 0.1) is 12.8 Å². The molecule has 3 rings (SSSR count). The van der Waals surface area contributed by atoms with Crippen LogP contribution in [0.3, 0.4) is 0 Å². The number of nitrogens with zero attached hydrogens (tertiary/aromatic N) is 1. The van der Waals surface area contributed by atoms with Gasteiger partial charge >= 0.3 is 12.0 Å². The van der Waals surface area contributed by atoms with Gasteiger partial charge in [0.25, 0.3) is 5.91 Å². The molecule has 0 aliphatic rings. The zero-order chi connectivity index (χ0) is 22.9. The molecule has 3 aromatic rings. The third-order valence-corrected chi connectivity index (χ3v) is 4.37. The Bertz CT molecular complexity index is 1100. The summed E-state index contributed by atoms with van der Waals surface area (Å²) >= 11 is 0. The van der Waals surface area contributed by atoms with Gasteiger partial charge in [-0.2, -0.15) is 0 Å². The molecular formula is C22H21FN4O5. The van der Waals surface area contributed by atoms with Crippen molar-refractivity contribution in [1.29, 1.82) is 0 Å². The Hall–Kier alpha value is -4.21. The molecule has 166 valence electrons. The molecule has 0 atom stereocenters. The van der Waals surface area contributed by atoms with E-state index in [0.717, 1.165) is 0 Å². The van der Waals surface area contributed by atoms with Crippen LogP contribution in [0, 0.1) is 5.82 Å². The van der Waals surface area contributed by atoms with E-state index in [-0.39, 0.29) is 23.8 Å². The van der Waals surface area contributed by atoms with Crippen molar-refractivity contribution >= 4 is 29.3 Å². The summed E-state index contributed by atoms with van der Waals surface area (Å²) in [7, 11) is 1.31. The van der Waals surface area contributed by atoms with E-state index in [1.807, 2.05) is 0 Å². The summed E-state index contributed by atoms with van der Waals surface area (Å²) in [4.78, 5) is 35.2. The van der Waals surface area contributed by atoms with Gasteiger partial charge in [-0.05, 0) is 30.7 Å². The van der Waals surface area contributed by atoms with Crippen molar-refractivity contribution in [3.63, 3.8) is 0 Å². The Labute approximate surface area is 182 Å². The molecule has 0 unspecified atom stereocenters. The quantitative estimate of drug-likeness (QED) is 0.362. The SMILES string of the molecule is COC(=O)CCCNC(=O)c1cc(-c2ccc(NC(=O)Nc3ccccc3F)cc2)no1. The van der Waals surface area contributed by atoms with E-state index in [2.05, 4.69) is 25.8 Å². The van der Waals surface area contributed by atoms with Crippen molar-refractivity contribution in [1.82, 2.24) is 10.5 Å². The number of benzene rings is 2. The Morgan fingerprint density at radius 2 is 1.81 bits per heavy atom. The van der Waals surface area contributed by atoms with Gasteiger partial charge in [-0.3, -0.25) is 9.59 Å². The molecule has 0 saturated carbocycles. The van der Waals surface area contributed by atoms with Gasteiger partial charge in [-0.15, -0.1) is 0 Å². The minimum Gasteiger partial charge on any atom is -0.469 e. The molecule has 0 aliphatic heterocycles. The van der Waals surface area contributed by atoms with E-state index in [1.54, 1.807) is 30.3 Å². The highest BCUT2D eigenvalue weighted by atomic mass is 19.1. The largest absolute Gasteiger partial charge is 0.469 e. The summed E-state index contributed by atoms with van der Waals surface area (Å²) < 4.78 is 23.2. The number of urea groups is 1. The zero-order valence-corrected chi connectivity index (χ0v) is 17.2. The molecule has 2 aromatic carbocycles. The number of amides is 3. The molecule has 9 nitrogen and oxygen atoms in total. The van der Waals surface area contributed by atoms with Crippen LogP contribution in [-0.4, -0.2) is 36.7 Å². The lowest BCUT2D eigenvalue weighted by Crippen LogP contribution is -2.24. The van der Waals surface area contributed by atoms with Crippen molar-refractivity contribution in [3.05, 3.63) is 66.2 Å². The fourth-order valence-electron chi connectivity index (χ4n) is 2.71. The molecule has 0 radical (unpaired) electrons. The topological polar surface area (TPSA) is 123 Å². The number of methoxy groups -OCH3 is 1. The van der Waals surface area contributed by atoms with Crippen LogP contribution in [0.4, 0.5) is 20.6 Å². The van der Waals surface area contributed by atoms with Crippen molar-refractivity contribution < 1.29 is 28.0 Å². The number of carbonyl (C=O) groups is 3. The van der Waals surface area contributed by atoms with Crippen LogP contribution in [0.1, 0.15) is 23.4 Å². The summed E-state index contributed by atoms with van der Waals surface area (Å²) in [5, 5.41) is 11.5. The molecule has 0 bridgehead atoms. The van der Waals surface area contributed by atoms with Gasteiger partial charge < -0.3 is 25.2 Å². The van der Waals surface area contributed by atoms with E-state index >= 15 is 0 Å². The maximum atomic E-state index is 13.6. The van der Waals surface area contributed by atoms with Crippen LogP contribution in [-0.2, 0) is 9.53 Å². The second-order valence-electron chi connectivity index (χ2n) is 6.65. The average Bonchev–Trinajstić information content (AvgIpc) is 3.29. The van der Waals surface area contributed by atoms with Gasteiger partial charge in [0.15, 0.2) is 0 Å². The summed E-state index contributed by atoms with van der Waals surface area (Å²) in [5.74, 6) is -1.29. The number of aromatic nitrogens is 1. The number of rotatable bonds is 8. The summed E-state index contributed by atoms with van der Waals surface area (Å²) in [5.41, 5.74) is 1.65. The van der Waals surface area contributed by atoms with Gasteiger partial charge in [-0.1, -0.05) is 29.4 Å². The molecular weight excluding hydrogens is 419 g/mol. The third kappa shape index (κ3) is 6.14. The second-order valence-corrected chi connectivity index (χ2v) is 6.65. The fourth-order valence-corrected chi connectivity index (χ4v) is 2.71. The van der Waals surface area contributed by atoms with Gasteiger partial charge in [0, 0.05) is 30.3 Å². The zero-order valence-electron chi connectivity index (χ0n) is 17.2. The van der Waals surface area contributed by atoms with Crippen LogP contribution in [0.2, 0.25) is 0 Å². The molecule has 3 N–H and O–H groups in total. The number of esters is 1. The van der Waals surface area contributed by atoms with E-state index in [4.69, 9.17) is 4.52 Å². The lowest BCUT2D eigenvalue weighted by atomic mass is 10.1. The van der Waals surface area contributed by atoms with E-state index in [9.17, 15) is 18.8 Å². The number of anilines is 2. The normalized spacial score (nSPS) is 10.3. The number of hydrogen-bond acceptors (Lipinski definition) is 6. The maximum absolute atomic E-state index is 13.6. The fraction of sp³-hybridized carbons (Fsp3) is 0.182. The number of ether oxygens (including phenoxy) is 1. The number of para-hydroxylation sites is 1. The Morgan fingerprint density at radius 3 is 2.53 bits per heavy atom.